The molecule has 3 N–H and O–H groups in total. The maximum atomic E-state index is 8.97. The van der Waals surface area contributed by atoms with Crippen LogP contribution in [0.5, 0.6) is 0 Å². The molecule has 0 fully saturated rings. The Morgan fingerprint density at radius 2 is 2.25 bits per heavy atom. The van der Waals surface area contributed by atoms with Gasteiger partial charge in [-0.3, -0.25) is 0 Å². The van der Waals surface area contributed by atoms with Crippen LogP contribution >= 0.6 is 11.8 Å². The zero-order valence-corrected chi connectivity index (χ0v) is 10.6. The van der Waals surface area contributed by atoms with Crippen LogP contribution in [0.1, 0.15) is 25.8 Å². The third-order valence-corrected chi connectivity index (χ3v) is 3.62. The lowest BCUT2D eigenvalue weighted by atomic mass is 10.2. The van der Waals surface area contributed by atoms with Crippen molar-refractivity contribution in [2.75, 3.05) is 18.1 Å². The number of aliphatic hydroxyl groups is 1. The quantitative estimate of drug-likeness (QED) is 0.586. The highest BCUT2D eigenvalue weighted by molar-refractivity contribution is 7.99. The molecule has 16 heavy (non-hydrogen) atoms. The van der Waals surface area contributed by atoms with Crippen molar-refractivity contribution in [2.24, 2.45) is 5.92 Å². The highest BCUT2D eigenvalue weighted by atomic mass is 32.2. The second kappa shape index (κ2) is 6.70. The van der Waals surface area contributed by atoms with Crippen molar-refractivity contribution in [1.82, 2.24) is 9.97 Å². The average molecular weight is 241 g/mol. The molecule has 0 bridgehead atoms. The molecule has 0 radical (unpaired) electrons. The van der Waals surface area contributed by atoms with Crippen LogP contribution < -0.4 is 5.73 Å². The second-order valence-corrected chi connectivity index (χ2v) is 4.90. The molecule has 1 atom stereocenters. The molecule has 5 heteroatoms. The summed E-state index contributed by atoms with van der Waals surface area (Å²) in [7, 11) is 0. The van der Waals surface area contributed by atoms with E-state index < -0.39 is 0 Å². The molecule has 90 valence electrons. The summed E-state index contributed by atoms with van der Waals surface area (Å²) in [4.78, 5) is 8.26. The van der Waals surface area contributed by atoms with Gasteiger partial charge in [0, 0.05) is 17.9 Å². The number of anilines is 1. The number of nitrogens with two attached hydrogens (primary N) is 1. The lowest BCUT2D eigenvalue weighted by molar-refractivity contribution is 0.250. The molecule has 1 heterocycles. The van der Waals surface area contributed by atoms with Crippen LogP contribution in [0, 0.1) is 5.92 Å². The lowest BCUT2D eigenvalue weighted by Gasteiger charge is -2.11. The van der Waals surface area contributed by atoms with E-state index in [2.05, 4.69) is 16.9 Å². The summed E-state index contributed by atoms with van der Waals surface area (Å²) in [6.07, 6.45) is 3.43. The molecule has 1 aromatic rings. The van der Waals surface area contributed by atoms with Crippen molar-refractivity contribution in [3.05, 3.63) is 11.9 Å². The minimum Gasteiger partial charge on any atom is -0.396 e. The summed E-state index contributed by atoms with van der Waals surface area (Å²) >= 11 is 1.64. The molecule has 1 rings (SSSR count). The Labute approximate surface area is 101 Å². The van der Waals surface area contributed by atoms with E-state index in [0.717, 1.165) is 29.2 Å². The van der Waals surface area contributed by atoms with E-state index >= 15 is 0 Å². The van der Waals surface area contributed by atoms with Gasteiger partial charge in [-0.1, -0.05) is 20.3 Å². The Morgan fingerprint density at radius 1 is 1.50 bits per heavy atom. The monoisotopic (exact) mass is 241 g/mol. The first kappa shape index (κ1) is 13.3. The first-order chi connectivity index (χ1) is 7.69. The third-order valence-electron chi connectivity index (χ3n) is 2.26. The summed E-state index contributed by atoms with van der Waals surface area (Å²) in [5.41, 5.74) is 6.87. The molecule has 0 saturated heterocycles. The lowest BCUT2D eigenvalue weighted by Crippen LogP contribution is -2.06. The van der Waals surface area contributed by atoms with Gasteiger partial charge in [0.15, 0.2) is 0 Å². The van der Waals surface area contributed by atoms with Crippen LogP contribution in [-0.2, 0) is 6.42 Å². The van der Waals surface area contributed by atoms with Crippen molar-refractivity contribution in [1.29, 1.82) is 0 Å². The van der Waals surface area contributed by atoms with Gasteiger partial charge >= 0.3 is 0 Å². The zero-order valence-electron chi connectivity index (χ0n) is 9.81. The largest absolute Gasteiger partial charge is 0.396 e. The van der Waals surface area contributed by atoms with Crippen LogP contribution in [0.15, 0.2) is 11.4 Å². The SMILES string of the molecule is CCCc1c(N)ncnc1SCC(C)CO. The number of rotatable bonds is 6. The highest BCUT2D eigenvalue weighted by Crippen LogP contribution is 2.25. The summed E-state index contributed by atoms with van der Waals surface area (Å²) in [5, 5.41) is 9.92. The maximum Gasteiger partial charge on any atom is 0.131 e. The van der Waals surface area contributed by atoms with Crippen LogP contribution in [0.3, 0.4) is 0 Å². The summed E-state index contributed by atoms with van der Waals surface area (Å²) < 4.78 is 0. The van der Waals surface area contributed by atoms with Crippen molar-refractivity contribution in [3.8, 4) is 0 Å². The molecule has 4 nitrogen and oxygen atoms in total. The first-order valence-corrected chi connectivity index (χ1v) is 6.50. The molecule has 1 unspecified atom stereocenters. The standard InChI is InChI=1S/C11H19N3OS/c1-3-4-9-10(12)13-7-14-11(9)16-6-8(2)5-15/h7-8,15H,3-6H2,1-2H3,(H2,12,13,14). The zero-order chi connectivity index (χ0) is 12.0. The number of hydrogen-bond acceptors (Lipinski definition) is 5. The fourth-order valence-electron chi connectivity index (χ4n) is 1.29. The Morgan fingerprint density at radius 3 is 2.88 bits per heavy atom. The molecule has 0 amide bonds. The van der Waals surface area contributed by atoms with Gasteiger partial charge in [0.2, 0.25) is 0 Å². The van der Waals surface area contributed by atoms with Gasteiger partial charge in [0.25, 0.3) is 0 Å². The van der Waals surface area contributed by atoms with E-state index in [4.69, 9.17) is 10.8 Å². The van der Waals surface area contributed by atoms with Crippen LogP contribution in [0.4, 0.5) is 5.82 Å². The smallest absolute Gasteiger partial charge is 0.131 e. The van der Waals surface area contributed by atoms with Gasteiger partial charge in [-0.15, -0.1) is 11.8 Å². The van der Waals surface area contributed by atoms with E-state index in [1.54, 1.807) is 11.8 Å². The van der Waals surface area contributed by atoms with Gasteiger partial charge in [-0.2, -0.15) is 0 Å². The van der Waals surface area contributed by atoms with E-state index in [1.807, 2.05) is 6.92 Å². The average Bonchev–Trinajstić information content (AvgIpc) is 2.29. The maximum absolute atomic E-state index is 8.97. The van der Waals surface area contributed by atoms with Gasteiger partial charge in [-0.25, -0.2) is 9.97 Å². The molecule has 1 aromatic heterocycles. The molecular weight excluding hydrogens is 222 g/mol. The van der Waals surface area contributed by atoms with E-state index in [9.17, 15) is 0 Å². The minimum absolute atomic E-state index is 0.205. The number of hydrogen-bond donors (Lipinski definition) is 2. The molecule has 0 aliphatic carbocycles. The number of thioether (sulfide) groups is 1. The predicted octanol–water partition coefficient (Wildman–Crippen LogP) is 1.73. The number of aliphatic hydroxyl groups excluding tert-OH is 1. The van der Waals surface area contributed by atoms with Crippen LogP contribution in [-0.4, -0.2) is 27.4 Å². The normalized spacial score (nSPS) is 12.7. The van der Waals surface area contributed by atoms with Crippen LogP contribution in [0.25, 0.3) is 0 Å². The Balaban J connectivity index is 2.74. The van der Waals surface area contributed by atoms with E-state index in [-0.39, 0.29) is 12.5 Å². The van der Waals surface area contributed by atoms with Gasteiger partial charge in [0.1, 0.15) is 17.2 Å². The third kappa shape index (κ3) is 3.64. The molecule has 0 saturated carbocycles. The Hall–Kier alpha value is -0.810. The number of nitrogens with zero attached hydrogens (tertiary/aromatic N) is 2. The number of aromatic nitrogens is 2. The van der Waals surface area contributed by atoms with Gasteiger partial charge < -0.3 is 10.8 Å². The summed E-state index contributed by atoms with van der Waals surface area (Å²) in [6.45, 7) is 4.32. The van der Waals surface area contributed by atoms with Crippen molar-refractivity contribution in [3.63, 3.8) is 0 Å². The minimum atomic E-state index is 0.205. The van der Waals surface area contributed by atoms with E-state index in [0.29, 0.717) is 5.82 Å². The van der Waals surface area contributed by atoms with Crippen molar-refractivity contribution >= 4 is 17.6 Å². The Kier molecular flexibility index (Phi) is 5.55. The molecule has 0 spiro atoms. The fraction of sp³-hybridized carbons (Fsp3) is 0.636. The van der Waals surface area contributed by atoms with Crippen molar-refractivity contribution in [2.45, 2.75) is 31.7 Å². The fourth-order valence-corrected chi connectivity index (χ4v) is 2.34. The molecule has 0 aliphatic rings. The van der Waals surface area contributed by atoms with Crippen molar-refractivity contribution < 1.29 is 5.11 Å². The number of nitrogen functional groups attached to an aromatic ring is 1. The topological polar surface area (TPSA) is 72.0 Å². The summed E-state index contributed by atoms with van der Waals surface area (Å²) in [5.74, 6) is 1.70. The molecular formula is C11H19N3OS. The highest BCUT2D eigenvalue weighted by Gasteiger charge is 2.10. The first-order valence-electron chi connectivity index (χ1n) is 5.52. The second-order valence-electron chi connectivity index (χ2n) is 3.89. The van der Waals surface area contributed by atoms with E-state index in [1.165, 1.54) is 6.33 Å². The van der Waals surface area contributed by atoms with Crippen LogP contribution in [0.2, 0.25) is 0 Å². The van der Waals surface area contributed by atoms with Gasteiger partial charge in [0.05, 0.1) is 0 Å². The molecule has 0 aliphatic heterocycles. The summed E-state index contributed by atoms with van der Waals surface area (Å²) in [6, 6.07) is 0. The van der Waals surface area contributed by atoms with Gasteiger partial charge in [-0.05, 0) is 12.3 Å². The Bertz CT molecular complexity index is 333. The predicted molar refractivity (Wildman–Crippen MR) is 67.4 cm³/mol. The molecule has 0 aromatic carbocycles.